The lowest BCUT2D eigenvalue weighted by Crippen LogP contribution is -3.00. The number of thioether (sulfide) groups is 2. The first-order valence-corrected chi connectivity index (χ1v) is 9.50. The molecule has 23 heavy (non-hydrogen) atoms. The number of methoxy groups -OCH3 is 2. The molecular formula is C17H20BrNO2S2. The van der Waals surface area contributed by atoms with Gasteiger partial charge in [-0.15, -0.1) is 11.8 Å². The summed E-state index contributed by atoms with van der Waals surface area (Å²) in [5.74, 6) is 5.68. The first-order valence-electron chi connectivity index (χ1n) is 7.19. The summed E-state index contributed by atoms with van der Waals surface area (Å²) in [4.78, 5) is 3.39. The second kappa shape index (κ2) is 8.85. The van der Waals surface area contributed by atoms with Crippen LogP contribution in [-0.4, -0.2) is 14.2 Å². The van der Waals surface area contributed by atoms with Gasteiger partial charge in [0.15, 0.2) is 11.9 Å². The fraction of sp³-hybridized carbons (Fsp3) is 0.353. The summed E-state index contributed by atoms with van der Waals surface area (Å²) >= 11 is 3.76. The number of hydrogen-bond donors (Lipinski definition) is 0. The molecule has 0 fully saturated rings. The summed E-state index contributed by atoms with van der Waals surface area (Å²) < 4.78 is 11.1. The highest BCUT2D eigenvalue weighted by molar-refractivity contribution is 7.98. The van der Waals surface area contributed by atoms with Crippen LogP contribution in [0.1, 0.15) is 22.4 Å². The van der Waals surface area contributed by atoms with E-state index in [1.54, 1.807) is 14.2 Å². The number of hydrogen-bond acceptors (Lipinski definition) is 4. The zero-order valence-corrected chi connectivity index (χ0v) is 16.4. The van der Waals surface area contributed by atoms with Crippen LogP contribution in [0.15, 0.2) is 30.5 Å². The zero-order chi connectivity index (χ0) is 15.4. The molecule has 5 heterocycles. The molecule has 0 amide bonds. The van der Waals surface area contributed by atoms with Crippen molar-refractivity contribution < 1.29 is 31.4 Å². The molecule has 1 aromatic carbocycles. The van der Waals surface area contributed by atoms with Crippen LogP contribution < -0.4 is 31.4 Å². The maximum Gasteiger partial charge on any atom is 0.189 e. The van der Waals surface area contributed by atoms with E-state index in [4.69, 9.17) is 9.47 Å². The fourth-order valence-corrected chi connectivity index (χ4v) is 4.38. The molecule has 6 rings (SSSR count). The number of pyridine rings is 1. The van der Waals surface area contributed by atoms with Gasteiger partial charge in [-0.05, 0) is 18.2 Å². The number of nitrogens with one attached hydrogen (secondary N) is 1. The fourth-order valence-electron chi connectivity index (χ4n) is 2.47. The highest BCUT2D eigenvalue weighted by atomic mass is 79.9. The van der Waals surface area contributed by atoms with Crippen LogP contribution in [0.3, 0.4) is 0 Å². The lowest BCUT2D eigenvalue weighted by Gasteiger charge is -2.15. The van der Waals surface area contributed by atoms with E-state index in [0.29, 0.717) is 0 Å². The number of aromatic amines is 1. The van der Waals surface area contributed by atoms with E-state index in [-0.39, 0.29) is 17.0 Å². The second-order valence-electron chi connectivity index (χ2n) is 5.18. The molecule has 4 aliphatic heterocycles. The molecule has 2 aromatic rings. The Morgan fingerprint density at radius 1 is 0.870 bits per heavy atom. The van der Waals surface area contributed by atoms with Crippen LogP contribution >= 0.6 is 23.5 Å². The molecule has 4 aliphatic rings. The standard InChI is InChI=1S/C17H19NO2S2.BrH/c1-19-16-6-14-10-22-11-15-4-3-12(7-18-15)8-21-9-13(16)5-17(14)20-2;/h3-7H,8-11H2,1-2H3;1H. The third kappa shape index (κ3) is 4.58. The minimum absolute atomic E-state index is 0. The third-order valence-electron chi connectivity index (χ3n) is 3.67. The van der Waals surface area contributed by atoms with Crippen molar-refractivity contribution in [3.05, 3.63) is 52.8 Å². The van der Waals surface area contributed by atoms with Crippen molar-refractivity contribution in [2.45, 2.75) is 23.0 Å². The molecule has 6 heteroatoms. The van der Waals surface area contributed by atoms with Gasteiger partial charge >= 0.3 is 0 Å². The quantitative estimate of drug-likeness (QED) is 0.725. The maximum atomic E-state index is 5.57. The van der Waals surface area contributed by atoms with Gasteiger partial charge in [0.1, 0.15) is 11.5 Å². The lowest BCUT2D eigenvalue weighted by atomic mass is 10.1. The van der Waals surface area contributed by atoms with Crippen LogP contribution in [-0.2, 0) is 23.0 Å². The van der Waals surface area contributed by atoms with Crippen LogP contribution in [0.5, 0.6) is 11.5 Å². The molecule has 0 radical (unpaired) electrons. The Morgan fingerprint density at radius 2 is 1.48 bits per heavy atom. The lowest BCUT2D eigenvalue weighted by molar-refractivity contribution is -0.388. The van der Waals surface area contributed by atoms with E-state index < -0.39 is 0 Å². The summed E-state index contributed by atoms with van der Waals surface area (Å²) in [6.45, 7) is 0. The number of rotatable bonds is 2. The van der Waals surface area contributed by atoms with Crippen LogP contribution in [0.4, 0.5) is 0 Å². The van der Waals surface area contributed by atoms with Gasteiger partial charge in [-0.2, -0.15) is 11.8 Å². The highest BCUT2D eigenvalue weighted by Crippen LogP contribution is 2.34. The Morgan fingerprint density at radius 3 is 2.00 bits per heavy atom. The Labute approximate surface area is 156 Å². The Hall–Kier alpha value is -0.850. The number of aromatic nitrogens is 1. The van der Waals surface area contributed by atoms with Gasteiger partial charge in [-0.3, -0.25) is 0 Å². The van der Waals surface area contributed by atoms with Crippen molar-refractivity contribution in [2.75, 3.05) is 14.2 Å². The molecule has 0 atom stereocenters. The van der Waals surface area contributed by atoms with E-state index in [1.165, 1.54) is 22.4 Å². The predicted octanol–water partition coefficient (Wildman–Crippen LogP) is 0.702. The molecule has 1 aromatic heterocycles. The number of halogens is 1. The second-order valence-corrected chi connectivity index (χ2v) is 7.15. The van der Waals surface area contributed by atoms with Gasteiger partial charge in [0.25, 0.3) is 0 Å². The van der Waals surface area contributed by atoms with E-state index in [0.717, 1.165) is 34.5 Å². The van der Waals surface area contributed by atoms with Crippen molar-refractivity contribution in [3.63, 3.8) is 0 Å². The summed E-state index contributed by atoms with van der Waals surface area (Å²) in [5.41, 5.74) is 4.94. The van der Waals surface area contributed by atoms with Gasteiger partial charge in [-0.1, -0.05) is 0 Å². The maximum absolute atomic E-state index is 5.57. The molecule has 1 N–H and O–H groups in total. The van der Waals surface area contributed by atoms with Crippen molar-refractivity contribution in [1.82, 2.24) is 0 Å². The van der Waals surface area contributed by atoms with Crippen molar-refractivity contribution >= 4 is 23.5 Å². The average Bonchev–Trinajstić information content (AvgIpc) is 2.56. The third-order valence-corrected chi connectivity index (χ3v) is 5.75. The van der Waals surface area contributed by atoms with Crippen LogP contribution in [0.2, 0.25) is 0 Å². The molecule has 124 valence electrons. The molecule has 0 aliphatic carbocycles. The molecular weight excluding hydrogens is 394 g/mol. The van der Waals surface area contributed by atoms with Gasteiger partial charge in [0.05, 0.1) is 20.0 Å². The Kier molecular flexibility index (Phi) is 7.11. The number of ether oxygens (including phenoxy) is 2. The van der Waals surface area contributed by atoms with Crippen molar-refractivity contribution in [3.8, 4) is 11.5 Å². The minimum Gasteiger partial charge on any atom is -1.00 e. The van der Waals surface area contributed by atoms with Crippen molar-refractivity contribution in [2.24, 2.45) is 0 Å². The smallest absolute Gasteiger partial charge is 0.189 e. The van der Waals surface area contributed by atoms with Gasteiger partial charge in [-0.25, -0.2) is 4.98 Å². The summed E-state index contributed by atoms with van der Waals surface area (Å²) in [7, 11) is 3.48. The normalized spacial score (nSPS) is 14.0. The zero-order valence-electron chi connectivity index (χ0n) is 13.2. The first kappa shape index (κ1) is 18.5. The molecule has 3 nitrogen and oxygen atoms in total. The predicted molar refractivity (Wildman–Crippen MR) is 92.5 cm³/mol. The van der Waals surface area contributed by atoms with Crippen LogP contribution in [0, 0.1) is 0 Å². The molecule has 0 spiro atoms. The monoisotopic (exact) mass is 413 g/mol. The number of H-pyrrole nitrogens is 1. The van der Waals surface area contributed by atoms with Gasteiger partial charge < -0.3 is 26.5 Å². The van der Waals surface area contributed by atoms with E-state index in [2.05, 4.69) is 35.4 Å². The van der Waals surface area contributed by atoms with E-state index in [9.17, 15) is 0 Å². The molecule has 0 saturated carbocycles. The first-order chi connectivity index (χ1) is 10.8. The molecule has 0 saturated heterocycles. The number of benzene rings is 1. The summed E-state index contributed by atoms with van der Waals surface area (Å²) in [6.07, 6.45) is 2.12. The Bertz CT molecular complexity index is 593. The van der Waals surface area contributed by atoms with Crippen LogP contribution in [0.25, 0.3) is 0 Å². The largest absolute Gasteiger partial charge is 1.00 e. The van der Waals surface area contributed by atoms with E-state index in [1.807, 2.05) is 23.5 Å². The molecule has 4 bridgehead atoms. The van der Waals surface area contributed by atoms with Gasteiger partial charge in [0, 0.05) is 40.0 Å². The Balaban J connectivity index is 0.00000192. The SMILES string of the molecule is COc1cc2c(OC)cc1CSCc1ccc([nH+]c1)CSC2.[Br-]. The van der Waals surface area contributed by atoms with Crippen molar-refractivity contribution in [1.29, 1.82) is 0 Å². The highest BCUT2D eigenvalue weighted by Gasteiger charge is 2.13. The molecule has 0 unspecified atom stereocenters. The van der Waals surface area contributed by atoms with Gasteiger partial charge in [0.2, 0.25) is 0 Å². The summed E-state index contributed by atoms with van der Waals surface area (Å²) in [5, 5.41) is 0. The topological polar surface area (TPSA) is 32.6 Å². The minimum atomic E-state index is 0. The van der Waals surface area contributed by atoms with E-state index >= 15 is 0 Å². The average molecular weight is 414 g/mol. The summed E-state index contributed by atoms with van der Waals surface area (Å²) in [6, 6.07) is 8.65.